The van der Waals surface area contributed by atoms with Crippen LogP contribution in [0.4, 0.5) is 10.5 Å². The molecule has 0 spiro atoms. The van der Waals surface area contributed by atoms with Gasteiger partial charge in [0.25, 0.3) is 6.29 Å². The molecule has 6 rings (SSSR count). The van der Waals surface area contributed by atoms with Crippen molar-refractivity contribution >= 4 is 44.4 Å². The predicted octanol–water partition coefficient (Wildman–Crippen LogP) is 4.01. The summed E-state index contributed by atoms with van der Waals surface area (Å²) in [6, 6.07) is 10.6. The number of pyridine rings is 1. The third-order valence-electron chi connectivity index (χ3n) is 6.49. The molecule has 5 aromatic rings. The Kier molecular flexibility index (Phi) is 6.99. The van der Waals surface area contributed by atoms with Crippen LogP contribution in [0.15, 0.2) is 48.8 Å². The van der Waals surface area contributed by atoms with Crippen LogP contribution in [-0.4, -0.2) is 69.9 Å². The van der Waals surface area contributed by atoms with E-state index in [1.807, 2.05) is 25.1 Å². The van der Waals surface area contributed by atoms with Gasteiger partial charge in [0.05, 0.1) is 54.0 Å². The lowest BCUT2D eigenvalue weighted by Crippen LogP contribution is -2.38. The topological polar surface area (TPSA) is 149 Å². The monoisotopic (exact) mass is 575 g/mol. The molecule has 1 aliphatic heterocycles. The Labute approximate surface area is 237 Å². The lowest BCUT2D eigenvalue weighted by Gasteiger charge is -2.27. The van der Waals surface area contributed by atoms with Gasteiger partial charge >= 0.3 is 6.09 Å². The fourth-order valence-electron chi connectivity index (χ4n) is 4.37. The number of rotatable bonds is 6. The van der Waals surface area contributed by atoms with Crippen LogP contribution in [0.3, 0.4) is 0 Å². The quantitative estimate of drug-likeness (QED) is 0.302. The van der Waals surface area contributed by atoms with E-state index in [2.05, 4.69) is 15.0 Å². The van der Waals surface area contributed by atoms with Crippen molar-refractivity contribution < 1.29 is 34.0 Å². The molecule has 0 fully saturated rings. The molecule has 0 saturated heterocycles. The number of aromatic nitrogens is 4. The van der Waals surface area contributed by atoms with E-state index in [0.717, 1.165) is 26.4 Å². The highest BCUT2D eigenvalue weighted by Crippen LogP contribution is 2.44. The Morgan fingerprint density at radius 2 is 2.02 bits per heavy atom. The summed E-state index contributed by atoms with van der Waals surface area (Å²) in [5.74, 6) is 1.40. The summed E-state index contributed by atoms with van der Waals surface area (Å²) in [7, 11) is 3.08. The summed E-state index contributed by atoms with van der Waals surface area (Å²) >= 11 is 1.45. The molecule has 13 heteroatoms. The van der Waals surface area contributed by atoms with Gasteiger partial charge in [0, 0.05) is 12.6 Å². The Bertz CT molecular complexity index is 1760. The molecular formula is C28H25N5O7S. The van der Waals surface area contributed by atoms with Crippen LogP contribution in [0.25, 0.3) is 31.8 Å². The van der Waals surface area contributed by atoms with Crippen molar-refractivity contribution in [2.24, 2.45) is 0 Å². The number of fused-ring (bicyclic) bond motifs is 4. The van der Waals surface area contributed by atoms with Crippen LogP contribution in [0.2, 0.25) is 0 Å². The third kappa shape index (κ3) is 5.06. The average molecular weight is 576 g/mol. The minimum Gasteiger partial charge on any atom is -0.480 e. The van der Waals surface area contributed by atoms with Crippen LogP contribution in [0.5, 0.6) is 17.4 Å². The van der Waals surface area contributed by atoms with Gasteiger partial charge in [-0.25, -0.2) is 19.7 Å². The van der Waals surface area contributed by atoms with Crippen LogP contribution < -0.4 is 19.1 Å². The molecule has 0 radical (unpaired) electrons. The lowest BCUT2D eigenvalue weighted by molar-refractivity contribution is -0.0717. The average Bonchev–Trinajstić information content (AvgIpc) is 3.44. The zero-order valence-electron chi connectivity index (χ0n) is 22.3. The first-order valence-corrected chi connectivity index (χ1v) is 13.4. The number of hydrogen-bond acceptors (Lipinski definition) is 12. The summed E-state index contributed by atoms with van der Waals surface area (Å²) < 4.78 is 23.5. The molecular weight excluding hydrogens is 550 g/mol. The molecule has 1 amide bonds. The van der Waals surface area contributed by atoms with Crippen molar-refractivity contribution in [1.82, 2.24) is 19.9 Å². The molecule has 0 saturated carbocycles. The number of carbonyl (C=O) groups excluding carboxylic acids is 1. The highest BCUT2D eigenvalue weighted by molar-refractivity contribution is 7.22. The second-order valence-corrected chi connectivity index (χ2v) is 10.3. The van der Waals surface area contributed by atoms with E-state index >= 15 is 0 Å². The number of methoxy groups -OCH3 is 1. The van der Waals surface area contributed by atoms with Gasteiger partial charge in [-0.1, -0.05) is 0 Å². The molecule has 2 N–H and O–H groups in total. The molecule has 1 unspecified atom stereocenters. The molecule has 0 bridgehead atoms. The summed E-state index contributed by atoms with van der Waals surface area (Å²) in [5, 5.41) is 19.5. The van der Waals surface area contributed by atoms with Gasteiger partial charge in [0.2, 0.25) is 5.88 Å². The number of carbonyl (C=O) groups is 1. The number of nitrogens with zero attached hydrogens (tertiary/aromatic N) is 5. The largest absolute Gasteiger partial charge is 0.480 e. The zero-order valence-corrected chi connectivity index (χ0v) is 23.1. The molecule has 2 aromatic carbocycles. The summed E-state index contributed by atoms with van der Waals surface area (Å²) in [5.41, 5.74) is 4.76. The minimum atomic E-state index is -1.09. The van der Waals surface area contributed by atoms with Crippen LogP contribution in [0, 0.1) is 6.92 Å². The fourth-order valence-corrected chi connectivity index (χ4v) is 5.45. The van der Waals surface area contributed by atoms with Crippen molar-refractivity contribution in [3.63, 3.8) is 0 Å². The Morgan fingerprint density at radius 3 is 2.78 bits per heavy atom. The summed E-state index contributed by atoms with van der Waals surface area (Å²) in [4.78, 5) is 32.0. The number of aryl methyl sites for hydroxylation is 1. The third-order valence-corrected chi connectivity index (χ3v) is 7.59. The predicted molar refractivity (Wildman–Crippen MR) is 151 cm³/mol. The van der Waals surface area contributed by atoms with Gasteiger partial charge in [-0.05, 0) is 48.9 Å². The maximum absolute atomic E-state index is 12.8. The highest BCUT2D eigenvalue weighted by Gasteiger charge is 2.29. The summed E-state index contributed by atoms with van der Waals surface area (Å²) in [6.07, 6.45) is 0.241. The molecule has 4 heterocycles. The van der Waals surface area contributed by atoms with Crippen molar-refractivity contribution in [2.45, 2.75) is 19.3 Å². The first kappa shape index (κ1) is 26.6. The molecule has 210 valence electrons. The molecule has 1 aliphatic rings. The fraction of sp³-hybridized carbons (Fsp3) is 0.250. The van der Waals surface area contributed by atoms with Crippen molar-refractivity contribution in [3.05, 3.63) is 60.0 Å². The van der Waals surface area contributed by atoms with Crippen molar-refractivity contribution in [3.8, 4) is 28.0 Å². The highest BCUT2D eigenvalue weighted by atomic mass is 32.1. The molecule has 12 nitrogen and oxygen atoms in total. The Morgan fingerprint density at radius 1 is 1.17 bits per heavy atom. The van der Waals surface area contributed by atoms with Gasteiger partial charge in [-0.15, -0.1) is 11.3 Å². The minimum absolute atomic E-state index is 0.0164. The number of amides is 1. The van der Waals surface area contributed by atoms with E-state index in [0.29, 0.717) is 39.8 Å². The molecule has 41 heavy (non-hydrogen) atoms. The van der Waals surface area contributed by atoms with Gasteiger partial charge in [0.15, 0.2) is 18.1 Å². The van der Waals surface area contributed by atoms with E-state index in [1.165, 1.54) is 35.5 Å². The zero-order chi connectivity index (χ0) is 28.7. The van der Waals surface area contributed by atoms with Gasteiger partial charge in [-0.3, -0.25) is 9.88 Å². The normalized spacial score (nSPS) is 15.1. The van der Waals surface area contributed by atoms with E-state index < -0.39 is 25.1 Å². The van der Waals surface area contributed by atoms with Gasteiger partial charge < -0.3 is 29.2 Å². The number of anilines is 1. The number of aliphatic hydroxyl groups is 2. The second-order valence-electron chi connectivity index (χ2n) is 9.29. The smallest absolute Gasteiger partial charge is 0.417 e. The maximum atomic E-state index is 12.8. The van der Waals surface area contributed by atoms with E-state index in [9.17, 15) is 9.90 Å². The number of aliphatic hydroxyl groups excluding tert-OH is 2. The van der Waals surface area contributed by atoms with Crippen LogP contribution in [0.1, 0.15) is 17.4 Å². The van der Waals surface area contributed by atoms with Gasteiger partial charge in [0.1, 0.15) is 15.8 Å². The first-order chi connectivity index (χ1) is 19.8. The second kappa shape index (κ2) is 10.8. The Hall–Kier alpha value is -4.59. The summed E-state index contributed by atoms with van der Waals surface area (Å²) in [6.45, 7) is 1.52. The van der Waals surface area contributed by atoms with E-state index in [1.54, 1.807) is 25.4 Å². The number of ether oxygens (including phenoxy) is 4. The maximum Gasteiger partial charge on any atom is 0.417 e. The number of thiazole rings is 1. The molecule has 0 aliphatic carbocycles. The standard InChI is InChI=1S/C28H25N5O7S/c1-14-8-16(24-19(9-14)31-22(37-3)11-30-24)27-32-18-6-7-21-25(26(18)41-27)38-13-23(39-21)40-28(36)33(2)15-4-5-17(29-10-15)20(35)12-34/h4-11,20,23,34-35H,12-13H2,1-3H3/t20?,23-/m1/s1. The van der Waals surface area contributed by atoms with E-state index in [4.69, 9.17) is 29.0 Å². The molecule has 2 atom stereocenters. The molecule has 3 aromatic heterocycles. The van der Waals surface area contributed by atoms with Gasteiger partial charge in [-0.2, -0.15) is 0 Å². The van der Waals surface area contributed by atoms with Crippen molar-refractivity contribution in [2.75, 3.05) is 32.3 Å². The SMILES string of the molecule is COc1cnc2c(-c3nc4ccc5c(c4s3)OC[C@@H](OC(=O)N(C)c3ccc(C(O)CO)nc3)O5)cc(C)cc2n1. The van der Waals surface area contributed by atoms with Crippen LogP contribution in [-0.2, 0) is 4.74 Å². The first-order valence-electron chi connectivity index (χ1n) is 12.6. The van der Waals surface area contributed by atoms with Crippen molar-refractivity contribution in [1.29, 1.82) is 0 Å². The van der Waals surface area contributed by atoms with E-state index in [-0.39, 0.29) is 6.61 Å². The number of hydrogen-bond donors (Lipinski definition) is 2. The lowest BCUT2D eigenvalue weighted by atomic mass is 10.1. The number of benzene rings is 2. The van der Waals surface area contributed by atoms with Crippen LogP contribution >= 0.6 is 11.3 Å². The Balaban J connectivity index is 1.22.